The van der Waals surface area contributed by atoms with Gasteiger partial charge in [-0.3, -0.25) is 9.59 Å². The van der Waals surface area contributed by atoms with Gasteiger partial charge in [-0.2, -0.15) is 0 Å². The fraction of sp³-hybridized carbons (Fsp3) is 0.467. The summed E-state index contributed by atoms with van der Waals surface area (Å²) in [6.45, 7) is 2.74. The van der Waals surface area contributed by atoms with Crippen molar-refractivity contribution in [1.82, 2.24) is 4.90 Å². The second-order valence-corrected chi connectivity index (χ2v) is 5.78. The number of amides is 1. The Bertz CT molecular complexity index is 518. The summed E-state index contributed by atoms with van der Waals surface area (Å²) in [5.74, 6) is -1.38. The fourth-order valence-corrected chi connectivity index (χ4v) is 2.79. The van der Waals surface area contributed by atoms with Gasteiger partial charge in [-0.1, -0.05) is 30.7 Å². The van der Waals surface area contributed by atoms with E-state index >= 15 is 0 Å². The average molecular weight is 296 g/mol. The normalized spacial score (nSPS) is 19.9. The molecule has 1 aromatic rings. The maximum absolute atomic E-state index is 12.3. The number of hydrogen-bond donors (Lipinski definition) is 1. The molecular weight excluding hydrogens is 278 g/mol. The van der Waals surface area contributed by atoms with Gasteiger partial charge in [0, 0.05) is 24.0 Å². The number of likely N-dealkylation sites (tertiary alicyclic amines) is 1. The van der Waals surface area contributed by atoms with Gasteiger partial charge >= 0.3 is 5.97 Å². The topological polar surface area (TPSA) is 57.6 Å². The van der Waals surface area contributed by atoms with Crippen LogP contribution < -0.4 is 0 Å². The summed E-state index contributed by atoms with van der Waals surface area (Å²) in [7, 11) is 0. The predicted octanol–water partition coefficient (Wildman–Crippen LogP) is 2.45. The van der Waals surface area contributed by atoms with Crippen LogP contribution in [0.25, 0.3) is 0 Å². The number of hydrogen-bond acceptors (Lipinski definition) is 2. The van der Waals surface area contributed by atoms with Gasteiger partial charge in [0.05, 0.1) is 5.92 Å². The number of carboxylic acid groups (broad SMARTS) is 1. The highest BCUT2D eigenvalue weighted by Crippen LogP contribution is 2.21. The van der Waals surface area contributed by atoms with Crippen molar-refractivity contribution in [3.63, 3.8) is 0 Å². The Morgan fingerprint density at radius 2 is 2.25 bits per heavy atom. The van der Waals surface area contributed by atoms with Crippen molar-refractivity contribution < 1.29 is 14.7 Å². The first-order valence-corrected chi connectivity index (χ1v) is 7.11. The van der Waals surface area contributed by atoms with Gasteiger partial charge in [0.25, 0.3) is 0 Å². The van der Waals surface area contributed by atoms with Gasteiger partial charge in [-0.25, -0.2) is 0 Å². The smallest absolute Gasteiger partial charge is 0.308 e. The summed E-state index contributed by atoms with van der Waals surface area (Å²) in [6, 6.07) is 7.47. The summed E-state index contributed by atoms with van der Waals surface area (Å²) in [5.41, 5.74) is 1.02. The Balaban J connectivity index is 1.94. The largest absolute Gasteiger partial charge is 0.481 e. The zero-order valence-corrected chi connectivity index (χ0v) is 12.1. The van der Waals surface area contributed by atoms with Crippen LogP contribution in [-0.4, -0.2) is 35.0 Å². The Morgan fingerprint density at radius 3 is 2.85 bits per heavy atom. The van der Waals surface area contributed by atoms with Crippen LogP contribution in [0.1, 0.15) is 18.9 Å². The van der Waals surface area contributed by atoms with Gasteiger partial charge in [0.15, 0.2) is 0 Å². The van der Waals surface area contributed by atoms with Crippen molar-refractivity contribution in [2.75, 3.05) is 13.1 Å². The molecule has 0 aromatic heterocycles. The zero-order valence-electron chi connectivity index (χ0n) is 11.4. The van der Waals surface area contributed by atoms with Crippen molar-refractivity contribution in [2.45, 2.75) is 19.8 Å². The molecule has 1 fully saturated rings. The molecule has 1 amide bonds. The van der Waals surface area contributed by atoms with Gasteiger partial charge in [0.1, 0.15) is 0 Å². The number of aliphatic carboxylic acids is 1. The molecule has 5 heteroatoms. The molecule has 2 atom stereocenters. The van der Waals surface area contributed by atoms with E-state index in [-0.39, 0.29) is 11.8 Å². The van der Waals surface area contributed by atoms with Gasteiger partial charge < -0.3 is 10.0 Å². The molecule has 0 saturated carbocycles. The number of carbonyl (C=O) groups excluding carboxylic acids is 1. The lowest BCUT2D eigenvalue weighted by atomic mass is 10.00. The van der Waals surface area contributed by atoms with Crippen molar-refractivity contribution >= 4 is 23.5 Å². The second-order valence-electron chi connectivity index (χ2n) is 5.34. The monoisotopic (exact) mass is 295 g/mol. The molecule has 1 aromatic carbocycles. The summed E-state index contributed by atoms with van der Waals surface area (Å²) < 4.78 is 0. The summed E-state index contributed by atoms with van der Waals surface area (Å²) in [4.78, 5) is 24.9. The molecule has 0 aliphatic carbocycles. The standard InChI is InChI=1S/C15H18ClNO3/c1-10(7-11-3-2-4-13(16)8-11)14(18)17-6-5-12(9-17)15(19)20/h2-4,8,10,12H,5-7,9H2,1H3,(H,19,20). The number of benzene rings is 1. The van der Waals surface area contributed by atoms with Crippen LogP contribution in [0.5, 0.6) is 0 Å². The SMILES string of the molecule is CC(Cc1cccc(Cl)c1)C(=O)N1CCC(C(=O)O)C1. The minimum Gasteiger partial charge on any atom is -0.481 e. The molecule has 1 N–H and O–H groups in total. The fourth-order valence-electron chi connectivity index (χ4n) is 2.58. The molecular formula is C15H18ClNO3. The minimum atomic E-state index is -0.817. The van der Waals surface area contributed by atoms with Crippen LogP contribution in [0.3, 0.4) is 0 Å². The number of rotatable bonds is 4. The lowest BCUT2D eigenvalue weighted by molar-refractivity contribution is -0.141. The third-order valence-electron chi connectivity index (χ3n) is 3.70. The van der Waals surface area contributed by atoms with Crippen molar-refractivity contribution in [3.8, 4) is 0 Å². The third-order valence-corrected chi connectivity index (χ3v) is 3.94. The maximum atomic E-state index is 12.3. The predicted molar refractivity (Wildman–Crippen MR) is 76.6 cm³/mol. The van der Waals surface area contributed by atoms with Crippen molar-refractivity contribution in [2.24, 2.45) is 11.8 Å². The Morgan fingerprint density at radius 1 is 1.50 bits per heavy atom. The van der Waals surface area contributed by atoms with E-state index in [4.69, 9.17) is 16.7 Å². The lowest BCUT2D eigenvalue weighted by Crippen LogP contribution is -2.34. The molecule has 0 radical (unpaired) electrons. The van der Waals surface area contributed by atoms with E-state index in [0.29, 0.717) is 31.0 Å². The summed E-state index contributed by atoms with van der Waals surface area (Å²) >= 11 is 5.93. The lowest BCUT2D eigenvalue weighted by Gasteiger charge is -2.20. The first-order chi connectivity index (χ1) is 9.47. The van der Waals surface area contributed by atoms with Crippen LogP contribution in [0, 0.1) is 11.8 Å². The van der Waals surface area contributed by atoms with Crippen LogP contribution in [0.4, 0.5) is 0 Å². The van der Waals surface area contributed by atoms with Gasteiger partial charge in [0.2, 0.25) is 5.91 Å². The second kappa shape index (κ2) is 6.27. The quantitative estimate of drug-likeness (QED) is 0.928. The van der Waals surface area contributed by atoms with E-state index < -0.39 is 11.9 Å². The summed E-state index contributed by atoms with van der Waals surface area (Å²) in [6.07, 6.45) is 1.17. The van der Waals surface area contributed by atoms with Gasteiger partial charge in [-0.15, -0.1) is 0 Å². The molecule has 1 aliphatic rings. The highest BCUT2D eigenvalue weighted by Gasteiger charge is 2.32. The van der Waals surface area contributed by atoms with Crippen LogP contribution >= 0.6 is 11.6 Å². The van der Waals surface area contributed by atoms with Crippen molar-refractivity contribution in [3.05, 3.63) is 34.9 Å². The molecule has 0 spiro atoms. The average Bonchev–Trinajstić information content (AvgIpc) is 2.87. The maximum Gasteiger partial charge on any atom is 0.308 e. The first-order valence-electron chi connectivity index (χ1n) is 6.73. The molecule has 4 nitrogen and oxygen atoms in total. The van der Waals surface area contributed by atoms with E-state index in [2.05, 4.69) is 0 Å². The van der Waals surface area contributed by atoms with E-state index in [0.717, 1.165) is 5.56 Å². The molecule has 2 unspecified atom stereocenters. The van der Waals surface area contributed by atoms with Gasteiger partial charge in [-0.05, 0) is 30.5 Å². The third kappa shape index (κ3) is 3.51. The Labute approximate surface area is 123 Å². The highest BCUT2D eigenvalue weighted by atomic mass is 35.5. The Hall–Kier alpha value is -1.55. The molecule has 20 heavy (non-hydrogen) atoms. The number of nitrogens with zero attached hydrogens (tertiary/aromatic N) is 1. The van der Waals surface area contributed by atoms with Crippen molar-refractivity contribution in [1.29, 1.82) is 0 Å². The number of carbonyl (C=O) groups is 2. The number of carboxylic acids is 1. The van der Waals surface area contributed by atoms with Crippen LogP contribution in [-0.2, 0) is 16.0 Å². The molecule has 0 bridgehead atoms. The molecule has 108 valence electrons. The van der Waals surface area contributed by atoms with E-state index in [1.165, 1.54) is 0 Å². The minimum absolute atomic E-state index is 0.0220. The zero-order chi connectivity index (χ0) is 14.7. The summed E-state index contributed by atoms with van der Waals surface area (Å²) in [5, 5.41) is 9.63. The first kappa shape index (κ1) is 14.9. The van der Waals surface area contributed by atoms with Crippen LogP contribution in [0.15, 0.2) is 24.3 Å². The van der Waals surface area contributed by atoms with E-state index in [1.807, 2.05) is 25.1 Å². The highest BCUT2D eigenvalue weighted by molar-refractivity contribution is 6.30. The molecule has 1 saturated heterocycles. The molecule has 2 rings (SSSR count). The van der Waals surface area contributed by atoms with E-state index in [9.17, 15) is 9.59 Å². The molecule has 1 heterocycles. The molecule has 1 aliphatic heterocycles. The van der Waals surface area contributed by atoms with E-state index in [1.54, 1.807) is 11.0 Å². The van der Waals surface area contributed by atoms with Crippen LogP contribution in [0.2, 0.25) is 5.02 Å². The Kier molecular flexibility index (Phi) is 4.65. The number of halogens is 1.